The van der Waals surface area contributed by atoms with Gasteiger partial charge in [0.25, 0.3) is 0 Å². The van der Waals surface area contributed by atoms with Gasteiger partial charge in [-0.2, -0.15) is 4.98 Å². The Morgan fingerprint density at radius 3 is 2.83 bits per heavy atom. The topological polar surface area (TPSA) is 85.3 Å². The van der Waals surface area contributed by atoms with Crippen molar-refractivity contribution in [2.24, 2.45) is 0 Å². The van der Waals surface area contributed by atoms with E-state index in [1.54, 1.807) is 13.1 Å². The van der Waals surface area contributed by atoms with Crippen LogP contribution in [0.1, 0.15) is 62.9 Å². The Kier molecular flexibility index (Phi) is 4.43. The maximum absolute atomic E-state index is 12.4. The van der Waals surface area contributed by atoms with Crippen LogP contribution in [0, 0.1) is 6.92 Å². The van der Waals surface area contributed by atoms with Crippen LogP contribution in [0.25, 0.3) is 0 Å². The molecule has 7 heteroatoms. The summed E-state index contributed by atoms with van der Waals surface area (Å²) in [7, 11) is 0. The molecule has 0 bridgehead atoms. The van der Waals surface area contributed by atoms with Crippen molar-refractivity contribution in [3.05, 3.63) is 29.6 Å². The van der Waals surface area contributed by atoms with E-state index in [1.165, 1.54) is 0 Å². The predicted octanol–water partition coefficient (Wildman–Crippen LogP) is 2.61. The molecule has 1 amide bonds. The lowest BCUT2D eigenvalue weighted by Crippen LogP contribution is -2.28. The molecule has 130 valence electrons. The largest absolute Gasteiger partial charge is 0.445 e. The van der Waals surface area contributed by atoms with E-state index in [9.17, 15) is 4.79 Å². The quantitative estimate of drug-likeness (QED) is 0.855. The molecule has 1 saturated heterocycles. The highest BCUT2D eigenvalue weighted by Crippen LogP contribution is 2.27. The summed E-state index contributed by atoms with van der Waals surface area (Å²) >= 11 is 0. The summed E-state index contributed by atoms with van der Waals surface area (Å²) in [6, 6.07) is 0. The Bertz CT molecular complexity index is 713. The summed E-state index contributed by atoms with van der Waals surface area (Å²) in [6.07, 6.45) is 3.54. The fourth-order valence-electron chi connectivity index (χ4n) is 2.81. The van der Waals surface area contributed by atoms with Crippen molar-refractivity contribution < 1.29 is 13.7 Å². The van der Waals surface area contributed by atoms with E-state index in [2.05, 4.69) is 35.9 Å². The minimum Gasteiger partial charge on any atom is -0.445 e. The van der Waals surface area contributed by atoms with Crippen molar-refractivity contribution in [2.45, 2.75) is 58.3 Å². The first-order valence-electron chi connectivity index (χ1n) is 8.36. The molecule has 0 saturated carbocycles. The standard InChI is InChI=1S/C17H24N4O3/c1-11-19-16(24-20-11)12-7-8-21(10-12)15(22)6-5-14-18-9-13(23-14)17(2,3)4/h9,12H,5-8,10H2,1-4H3. The summed E-state index contributed by atoms with van der Waals surface area (Å²) in [5.74, 6) is 2.99. The molecule has 1 unspecified atom stereocenters. The fourth-order valence-corrected chi connectivity index (χ4v) is 2.81. The van der Waals surface area contributed by atoms with Gasteiger partial charge in [0.1, 0.15) is 5.76 Å². The van der Waals surface area contributed by atoms with Crippen molar-refractivity contribution in [3.63, 3.8) is 0 Å². The minimum absolute atomic E-state index is 0.0698. The third-order valence-corrected chi connectivity index (χ3v) is 4.28. The number of aromatic nitrogens is 3. The third kappa shape index (κ3) is 3.66. The molecule has 2 aromatic heterocycles. The van der Waals surface area contributed by atoms with Crippen LogP contribution in [0.3, 0.4) is 0 Å². The zero-order chi connectivity index (χ0) is 17.3. The molecule has 3 rings (SSSR count). The minimum atomic E-state index is -0.0698. The number of hydrogen-bond acceptors (Lipinski definition) is 6. The smallest absolute Gasteiger partial charge is 0.231 e. The van der Waals surface area contributed by atoms with Crippen molar-refractivity contribution in [1.29, 1.82) is 0 Å². The van der Waals surface area contributed by atoms with Crippen molar-refractivity contribution in [1.82, 2.24) is 20.0 Å². The lowest BCUT2D eigenvalue weighted by Gasteiger charge is -2.15. The molecule has 1 atom stereocenters. The van der Waals surface area contributed by atoms with Crippen LogP contribution in [0.15, 0.2) is 15.1 Å². The van der Waals surface area contributed by atoms with Crippen molar-refractivity contribution in [3.8, 4) is 0 Å². The number of oxazole rings is 1. The average molecular weight is 332 g/mol. The summed E-state index contributed by atoms with van der Waals surface area (Å²) < 4.78 is 11.0. The van der Waals surface area contributed by atoms with Gasteiger partial charge in [-0.1, -0.05) is 25.9 Å². The van der Waals surface area contributed by atoms with E-state index in [1.807, 2.05) is 4.90 Å². The van der Waals surface area contributed by atoms with Gasteiger partial charge in [0, 0.05) is 31.3 Å². The maximum atomic E-state index is 12.4. The normalized spacial score (nSPS) is 18.3. The average Bonchev–Trinajstić information content (AvgIpc) is 3.23. The van der Waals surface area contributed by atoms with Gasteiger partial charge in [0.05, 0.1) is 12.1 Å². The highest BCUT2D eigenvalue weighted by Gasteiger charge is 2.30. The molecule has 0 N–H and O–H groups in total. The van der Waals surface area contributed by atoms with Crippen molar-refractivity contribution in [2.75, 3.05) is 13.1 Å². The number of carbonyl (C=O) groups excluding carboxylic acids is 1. The molecule has 0 aromatic carbocycles. The summed E-state index contributed by atoms with van der Waals surface area (Å²) in [5, 5.41) is 3.82. The van der Waals surface area contributed by atoms with E-state index in [-0.39, 0.29) is 17.2 Å². The lowest BCUT2D eigenvalue weighted by molar-refractivity contribution is -0.130. The Balaban J connectivity index is 1.52. The number of likely N-dealkylation sites (tertiary alicyclic amines) is 1. The highest BCUT2D eigenvalue weighted by atomic mass is 16.5. The van der Waals surface area contributed by atoms with Crippen LogP contribution >= 0.6 is 0 Å². The van der Waals surface area contributed by atoms with E-state index < -0.39 is 0 Å². The van der Waals surface area contributed by atoms with Gasteiger partial charge in [0.2, 0.25) is 11.8 Å². The number of aryl methyl sites for hydroxylation is 2. The molecule has 1 aliphatic heterocycles. The second kappa shape index (κ2) is 6.37. The van der Waals surface area contributed by atoms with Crippen LogP contribution in [0.5, 0.6) is 0 Å². The second-order valence-electron chi connectivity index (χ2n) is 7.37. The zero-order valence-electron chi connectivity index (χ0n) is 14.7. The Morgan fingerprint density at radius 2 is 2.21 bits per heavy atom. The van der Waals surface area contributed by atoms with Gasteiger partial charge in [-0.15, -0.1) is 0 Å². The van der Waals surface area contributed by atoms with E-state index >= 15 is 0 Å². The van der Waals surface area contributed by atoms with Crippen molar-refractivity contribution >= 4 is 5.91 Å². The summed E-state index contributed by atoms with van der Waals surface area (Å²) in [5.41, 5.74) is -0.0698. The Morgan fingerprint density at radius 1 is 1.42 bits per heavy atom. The molecular formula is C17H24N4O3. The Labute approximate surface area is 141 Å². The van der Waals surface area contributed by atoms with E-state index in [0.717, 1.165) is 18.7 Å². The number of amides is 1. The van der Waals surface area contributed by atoms with Crippen LogP contribution < -0.4 is 0 Å². The summed E-state index contributed by atoms with van der Waals surface area (Å²) in [4.78, 5) is 22.8. The first-order chi connectivity index (χ1) is 11.3. The molecule has 0 aliphatic carbocycles. The monoisotopic (exact) mass is 332 g/mol. The molecule has 7 nitrogen and oxygen atoms in total. The van der Waals surface area contributed by atoms with E-state index in [4.69, 9.17) is 8.94 Å². The van der Waals surface area contributed by atoms with Crippen LogP contribution in [-0.2, 0) is 16.6 Å². The first kappa shape index (κ1) is 16.7. The molecule has 1 aliphatic rings. The summed E-state index contributed by atoms with van der Waals surface area (Å²) in [6.45, 7) is 9.39. The fraction of sp³-hybridized carbons (Fsp3) is 0.647. The molecule has 2 aromatic rings. The van der Waals surface area contributed by atoms with Gasteiger partial charge in [-0.3, -0.25) is 4.79 Å². The van der Waals surface area contributed by atoms with Gasteiger partial charge in [-0.05, 0) is 13.3 Å². The Hall–Kier alpha value is -2.18. The number of nitrogens with zero attached hydrogens (tertiary/aromatic N) is 4. The highest BCUT2D eigenvalue weighted by molar-refractivity contribution is 5.76. The molecule has 0 radical (unpaired) electrons. The lowest BCUT2D eigenvalue weighted by atomic mass is 9.94. The predicted molar refractivity (Wildman–Crippen MR) is 86.5 cm³/mol. The van der Waals surface area contributed by atoms with Gasteiger partial charge in [0.15, 0.2) is 11.7 Å². The SMILES string of the molecule is Cc1noc(C2CCN(C(=O)CCc3ncc(C(C)(C)C)o3)C2)n1. The van der Waals surface area contributed by atoms with Crippen LogP contribution in [-0.4, -0.2) is 39.0 Å². The number of carbonyl (C=O) groups is 1. The molecular weight excluding hydrogens is 308 g/mol. The molecule has 1 fully saturated rings. The van der Waals surface area contributed by atoms with Crippen LogP contribution in [0.2, 0.25) is 0 Å². The molecule has 24 heavy (non-hydrogen) atoms. The van der Waals surface area contributed by atoms with Gasteiger partial charge >= 0.3 is 0 Å². The molecule has 3 heterocycles. The zero-order valence-corrected chi connectivity index (χ0v) is 14.7. The maximum Gasteiger partial charge on any atom is 0.231 e. The second-order valence-corrected chi connectivity index (χ2v) is 7.37. The number of rotatable bonds is 4. The first-order valence-corrected chi connectivity index (χ1v) is 8.36. The van der Waals surface area contributed by atoms with Gasteiger partial charge in [-0.25, -0.2) is 4.98 Å². The third-order valence-electron chi connectivity index (χ3n) is 4.28. The van der Waals surface area contributed by atoms with Crippen LogP contribution in [0.4, 0.5) is 0 Å². The molecule has 0 spiro atoms. The van der Waals surface area contributed by atoms with Gasteiger partial charge < -0.3 is 13.8 Å². The van der Waals surface area contributed by atoms with E-state index in [0.29, 0.717) is 37.0 Å². The number of hydrogen-bond donors (Lipinski definition) is 0.